The molecule has 1 aromatic carbocycles. The molecule has 0 saturated heterocycles. The fraction of sp³-hybridized carbons (Fsp3) is 0.400. The lowest BCUT2D eigenvalue weighted by Gasteiger charge is -2.43. The molecule has 27 heavy (non-hydrogen) atoms. The number of aromatic nitrogens is 4. The molecule has 1 fully saturated rings. The zero-order chi connectivity index (χ0) is 19.0. The number of hydrogen-bond acceptors (Lipinski definition) is 5. The second-order valence-electron chi connectivity index (χ2n) is 7.10. The van der Waals surface area contributed by atoms with Crippen molar-refractivity contribution < 1.29 is 4.79 Å². The van der Waals surface area contributed by atoms with E-state index in [1.54, 1.807) is 4.52 Å². The summed E-state index contributed by atoms with van der Waals surface area (Å²) in [7, 11) is 0. The molecule has 1 aliphatic carbocycles. The third-order valence-corrected chi connectivity index (χ3v) is 6.00. The molecule has 1 amide bonds. The van der Waals surface area contributed by atoms with Gasteiger partial charge in [-0.3, -0.25) is 4.79 Å². The number of nitrogens with zero attached hydrogens (tertiary/aromatic N) is 4. The molecule has 2 heterocycles. The number of fused-ring (bicyclic) bond motifs is 1. The van der Waals surface area contributed by atoms with Crippen molar-refractivity contribution in [1.29, 1.82) is 0 Å². The van der Waals surface area contributed by atoms with Crippen molar-refractivity contribution in [2.45, 2.75) is 50.2 Å². The number of aryl methyl sites for hydroxylation is 2. The van der Waals surface area contributed by atoms with Crippen LogP contribution in [0.5, 0.6) is 0 Å². The maximum atomic E-state index is 12.9. The van der Waals surface area contributed by atoms with Crippen molar-refractivity contribution in [3.05, 3.63) is 52.8 Å². The van der Waals surface area contributed by atoms with E-state index in [1.807, 2.05) is 38.3 Å². The van der Waals surface area contributed by atoms with E-state index in [0.717, 1.165) is 36.2 Å². The summed E-state index contributed by atoms with van der Waals surface area (Å²) in [4.78, 5) is 21.8. The van der Waals surface area contributed by atoms with Crippen LogP contribution < -0.4 is 5.32 Å². The van der Waals surface area contributed by atoms with Gasteiger partial charge < -0.3 is 5.32 Å². The van der Waals surface area contributed by atoms with Gasteiger partial charge in [-0.2, -0.15) is 4.98 Å². The SMILES string of the molecule is CSc1nc2nc(C)c(CC(=O)NC3(c4ccccc4)CCC3)c(C)n2n1. The van der Waals surface area contributed by atoms with Gasteiger partial charge >= 0.3 is 0 Å². The van der Waals surface area contributed by atoms with Gasteiger partial charge in [0.15, 0.2) is 0 Å². The van der Waals surface area contributed by atoms with Crippen LogP contribution in [0.4, 0.5) is 0 Å². The van der Waals surface area contributed by atoms with Crippen LogP contribution in [0.3, 0.4) is 0 Å². The van der Waals surface area contributed by atoms with Gasteiger partial charge in [0.25, 0.3) is 5.78 Å². The topological polar surface area (TPSA) is 72.2 Å². The highest BCUT2D eigenvalue weighted by Gasteiger charge is 2.39. The van der Waals surface area contributed by atoms with Gasteiger partial charge in [-0.15, -0.1) is 5.10 Å². The average Bonchev–Trinajstić information content (AvgIpc) is 3.06. The first-order valence-electron chi connectivity index (χ1n) is 9.16. The van der Waals surface area contributed by atoms with Crippen LogP contribution in [0, 0.1) is 13.8 Å². The van der Waals surface area contributed by atoms with Gasteiger partial charge in [-0.1, -0.05) is 42.1 Å². The first-order chi connectivity index (χ1) is 13.0. The molecule has 0 unspecified atom stereocenters. The van der Waals surface area contributed by atoms with Crippen molar-refractivity contribution in [3.63, 3.8) is 0 Å². The van der Waals surface area contributed by atoms with E-state index < -0.39 is 0 Å². The summed E-state index contributed by atoms with van der Waals surface area (Å²) in [6, 6.07) is 10.3. The van der Waals surface area contributed by atoms with E-state index >= 15 is 0 Å². The Bertz CT molecular complexity index is 995. The number of nitrogens with one attached hydrogen (secondary N) is 1. The molecule has 6 nitrogen and oxygen atoms in total. The highest BCUT2D eigenvalue weighted by atomic mass is 32.2. The summed E-state index contributed by atoms with van der Waals surface area (Å²) in [5.41, 5.74) is 3.63. The maximum Gasteiger partial charge on any atom is 0.253 e. The summed E-state index contributed by atoms with van der Waals surface area (Å²) >= 11 is 1.48. The lowest BCUT2D eigenvalue weighted by Crippen LogP contribution is -2.51. The largest absolute Gasteiger partial charge is 0.346 e. The van der Waals surface area contributed by atoms with Crippen molar-refractivity contribution >= 4 is 23.4 Å². The van der Waals surface area contributed by atoms with Crippen LogP contribution in [-0.4, -0.2) is 31.7 Å². The van der Waals surface area contributed by atoms with E-state index in [0.29, 0.717) is 17.4 Å². The zero-order valence-electron chi connectivity index (χ0n) is 15.8. The van der Waals surface area contributed by atoms with E-state index in [9.17, 15) is 4.79 Å². The molecule has 2 aromatic heterocycles. The summed E-state index contributed by atoms with van der Waals surface area (Å²) < 4.78 is 1.73. The molecule has 0 bridgehead atoms. The Morgan fingerprint density at radius 1 is 1.22 bits per heavy atom. The molecule has 0 spiro atoms. The Morgan fingerprint density at radius 2 is 1.96 bits per heavy atom. The molecule has 1 saturated carbocycles. The number of amides is 1. The monoisotopic (exact) mass is 381 g/mol. The summed E-state index contributed by atoms with van der Waals surface area (Å²) in [6.45, 7) is 3.90. The molecular weight excluding hydrogens is 358 g/mol. The predicted molar refractivity (Wildman–Crippen MR) is 106 cm³/mol. The first-order valence-corrected chi connectivity index (χ1v) is 10.4. The Morgan fingerprint density at radius 3 is 2.59 bits per heavy atom. The maximum absolute atomic E-state index is 12.9. The normalized spacial score (nSPS) is 15.5. The number of carbonyl (C=O) groups excluding carboxylic acids is 1. The predicted octanol–water partition coefficient (Wildman–Crippen LogP) is 3.20. The fourth-order valence-electron chi connectivity index (χ4n) is 3.78. The third-order valence-electron chi connectivity index (χ3n) is 5.46. The minimum atomic E-state index is -0.225. The molecular formula is C20H23N5OS. The van der Waals surface area contributed by atoms with Crippen LogP contribution in [0.15, 0.2) is 35.5 Å². The van der Waals surface area contributed by atoms with Gasteiger partial charge in [0.2, 0.25) is 11.1 Å². The van der Waals surface area contributed by atoms with Crippen LogP contribution >= 0.6 is 11.8 Å². The molecule has 7 heteroatoms. The van der Waals surface area contributed by atoms with Crippen LogP contribution in [0.2, 0.25) is 0 Å². The fourth-order valence-corrected chi connectivity index (χ4v) is 4.11. The van der Waals surface area contributed by atoms with Crippen molar-refractivity contribution in [2.75, 3.05) is 6.26 Å². The van der Waals surface area contributed by atoms with Crippen LogP contribution in [-0.2, 0) is 16.8 Å². The van der Waals surface area contributed by atoms with Gasteiger partial charge in [-0.25, -0.2) is 9.50 Å². The second-order valence-corrected chi connectivity index (χ2v) is 7.87. The average molecular weight is 382 g/mol. The van der Waals surface area contributed by atoms with E-state index in [-0.39, 0.29) is 11.4 Å². The minimum Gasteiger partial charge on any atom is -0.346 e. The van der Waals surface area contributed by atoms with Crippen molar-refractivity contribution in [2.24, 2.45) is 0 Å². The molecule has 1 aliphatic rings. The van der Waals surface area contributed by atoms with Crippen molar-refractivity contribution in [1.82, 2.24) is 24.9 Å². The number of benzene rings is 1. The summed E-state index contributed by atoms with van der Waals surface area (Å²) in [5.74, 6) is 0.606. The first kappa shape index (κ1) is 18.0. The Kier molecular flexibility index (Phi) is 4.63. The summed E-state index contributed by atoms with van der Waals surface area (Å²) in [6.07, 6.45) is 5.34. The lowest BCUT2D eigenvalue weighted by molar-refractivity contribution is -0.123. The van der Waals surface area contributed by atoms with Crippen molar-refractivity contribution in [3.8, 4) is 0 Å². The molecule has 4 rings (SSSR count). The van der Waals surface area contributed by atoms with Gasteiger partial charge in [0.05, 0.1) is 12.0 Å². The number of rotatable bonds is 5. The summed E-state index contributed by atoms with van der Waals surface area (Å²) in [5, 5.41) is 8.45. The van der Waals surface area contributed by atoms with E-state index in [4.69, 9.17) is 0 Å². The standard InChI is InChI=1S/C20H23N5OS/c1-13-16(14(2)25-18(21-13)22-19(24-25)27-3)12-17(26)23-20(10-7-11-20)15-8-5-4-6-9-15/h4-6,8-9H,7,10-12H2,1-3H3,(H,23,26). The highest BCUT2D eigenvalue weighted by molar-refractivity contribution is 7.98. The lowest BCUT2D eigenvalue weighted by atomic mass is 9.71. The third kappa shape index (κ3) is 3.20. The van der Waals surface area contributed by atoms with Gasteiger partial charge in [0, 0.05) is 17.0 Å². The van der Waals surface area contributed by atoms with E-state index in [1.165, 1.54) is 17.3 Å². The molecule has 140 valence electrons. The zero-order valence-corrected chi connectivity index (χ0v) is 16.6. The van der Waals surface area contributed by atoms with Crippen LogP contribution in [0.1, 0.15) is 41.8 Å². The quantitative estimate of drug-likeness (QED) is 0.687. The van der Waals surface area contributed by atoms with Gasteiger partial charge in [-0.05, 0) is 44.9 Å². The smallest absolute Gasteiger partial charge is 0.253 e. The van der Waals surface area contributed by atoms with E-state index in [2.05, 4.69) is 32.5 Å². The molecule has 0 radical (unpaired) electrons. The Labute approximate surface area is 162 Å². The van der Waals surface area contributed by atoms with Gasteiger partial charge in [0.1, 0.15) is 0 Å². The minimum absolute atomic E-state index is 0.0242. The Hall–Kier alpha value is -2.41. The Balaban J connectivity index is 1.59. The molecule has 0 aliphatic heterocycles. The number of thioether (sulfide) groups is 1. The highest BCUT2D eigenvalue weighted by Crippen LogP contribution is 2.41. The molecule has 3 aromatic rings. The second kappa shape index (κ2) is 6.96. The number of hydrogen-bond donors (Lipinski definition) is 1. The molecule has 1 N–H and O–H groups in total. The number of carbonyl (C=O) groups is 1. The molecule has 0 atom stereocenters. The van der Waals surface area contributed by atoms with Crippen LogP contribution in [0.25, 0.3) is 5.78 Å².